The van der Waals surface area contributed by atoms with Crippen LogP contribution < -0.4 is 11.1 Å². The van der Waals surface area contributed by atoms with Crippen molar-refractivity contribution in [2.75, 3.05) is 17.3 Å². The Balaban J connectivity index is 2.25. The molecule has 0 unspecified atom stereocenters. The van der Waals surface area contributed by atoms with Crippen molar-refractivity contribution in [2.24, 2.45) is 0 Å². The van der Waals surface area contributed by atoms with E-state index in [9.17, 15) is 8.42 Å². The molecule has 0 spiro atoms. The highest BCUT2D eigenvalue weighted by atomic mass is 32.2. The zero-order chi connectivity index (χ0) is 14.0. The zero-order valence-electron chi connectivity index (χ0n) is 10.8. The lowest BCUT2D eigenvalue weighted by molar-refractivity contribution is 0.602. The van der Waals surface area contributed by atoms with E-state index in [0.29, 0.717) is 4.90 Å². The molecule has 100 valence electrons. The lowest BCUT2D eigenvalue weighted by Crippen LogP contribution is -1.98. The van der Waals surface area contributed by atoms with Gasteiger partial charge in [0.1, 0.15) is 0 Å². The van der Waals surface area contributed by atoms with E-state index < -0.39 is 9.84 Å². The fraction of sp³-hybridized carbons (Fsp3) is 0.143. The van der Waals surface area contributed by atoms with Crippen LogP contribution in [0.25, 0.3) is 0 Å². The van der Waals surface area contributed by atoms with Crippen LogP contribution in [0.4, 0.5) is 17.1 Å². The van der Waals surface area contributed by atoms with E-state index in [1.165, 1.54) is 6.26 Å². The van der Waals surface area contributed by atoms with E-state index in [2.05, 4.69) is 5.32 Å². The summed E-state index contributed by atoms with van der Waals surface area (Å²) in [5.74, 6) is 0. The highest BCUT2D eigenvalue weighted by Gasteiger charge is 2.06. The van der Waals surface area contributed by atoms with Gasteiger partial charge in [-0.1, -0.05) is 0 Å². The van der Waals surface area contributed by atoms with Gasteiger partial charge in [0.05, 0.1) is 4.90 Å². The van der Waals surface area contributed by atoms with Crippen LogP contribution in [0, 0.1) is 6.92 Å². The summed E-state index contributed by atoms with van der Waals surface area (Å²) >= 11 is 0. The Hall–Kier alpha value is -2.01. The molecule has 0 aliphatic rings. The van der Waals surface area contributed by atoms with Gasteiger partial charge in [0.2, 0.25) is 0 Å². The standard InChI is InChI=1S/C14H16N2O2S/c1-10-9-11(15)3-8-14(10)16-12-4-6-13(7-5-12)19(2,17)18/h3-9,16H,15H2,1-2H3. The van der Waals surface area contributed by atoms with Crippen LogP contribution in [-0.4, -0.2) is 14.7 Å². The smallest absolute Gasteiger partial charge is 0.175 e. The van der Waals surface area contributed by atoms with E-state index in [4.69, 9.17) is 5.73 Å². The minimum absolute atomic E-state index is 0.312. The van der Waals surface area contributed by atoms with Crippen LogP contribution in [0.1, 0.15) is 5.56 Å². The van der Waals surface area contributed by atoms with E-state index >= 15 is 0 Å². The number of hydrogen-bond acceptors (Lipinski definition) is 4. The van der Waals surface area contributed by atoms with Gasteiger partial charge in [-0.15, -0.1) is 0 Å². The molecular formula is C14H16N2O2S. The number of rotatable bonds is 3. The maximum atomic E-state index is 11.4. The average Bonchev–Trinajstić information content (AvgIpc) is 2.32. The molecule has 0 fully saturated rings. The molecule has 0 bridgehead atoms. The second kappa shape index (κ2) is 4.93. The van der Waals surface area contributed by atoms with E-state index in [1.54, 1.807) is 24.3 Å². The van der Waals surface area contributed by atoms with Crippen molar-refractivity contribution in [3.05, 3.63) is 48.0 Å². The molecule has 0 saturated heterocycles. The monoisotopic (exact) mass is 276 g/mol. The van der Waals surface area contributed by atoms with E-state index in [0.717, 1.165) is 22.6 Å². The first-order chi connectivity index (χ1) is 8.86. The Morgan fingerprint density at radius 2 is 1.68 bits per heavy atom. The molecule has 19 heavy (non-hydrogen) atoms. The topological polar surface area (TPSA) is 72.2 Å². The molecule has 0 radical (unpaired) electrons. The van der Waals surface area contributed by atoms with Crippen LogP contribution in [0.15, 0.2) is 47.4 Å². The molecule has 0 saturated carbocycles. The lowest BCUT2D eigenvalue weighted by Gasteiger charge is -2.10. The Morgan fingerprint density at radius 3 is 2.21 bits per heavy atom. The quantitative estimate of drug-likeness (QED) is 0.845. The Bertz CT molecular complexity index is 692. The van der Waals surface area contributed by atoms with Crippen LogP contribution in [-0.2, 0) is 9.84 Å². The molecule has 0 aliphatic heterocycles. The number of aryl methyl sites for hydroxylation is 1. The van der Waals surface area contributed by atoms with Crippen LogP contribution >= 0.6 is 0 Å². The van der Waals surface area contributed by atoms with E-state index in [-0.39, 0.29) is 0 Å². The second-order valence-electron chi connectivity index (χ2n) is 4.50. The number of sulfone groups is 1. The first-order valence-electron chi connectivity index (χ1n) is 5.79. The summed E-state index contributed by atoms with van der Waals surface area (Å²) in [6, 6.07) is 12.3. The predicted molar refractivity (Wildman–Crippen MR) is 78.4 cm³/mol. The SMILES string of the molecule is Cc1cc(N)ccc1Nc1ccc(S(C)(=O)=O)cc1. The molecule has 3 N–H and O–H groups in total. The first-order valence-corrected chi connectivity index (χ1v) is 7.69. The van der Waals surface area contributed by atoms with E-state index in [1.807, 2.05) is 25.1 Å². The van der Waals surface area contributed by atoms with Crippen molar-refractivity contribution in [3.63, 3.8) is 0 Å². The van der Waals surface area contributed by atoms with Gasteiger partial charge >= 0.3 is 0 Å². The molecule has 5 heteroatoms. The third-order valence-electron chi connectivity index (χ3n) is 2.81. The number of nitrogens with one attached hydrogen (secondary N) is 1. The summed E-state index contributed by atoms with van der Waals surface area (Å²) in [5, 5.41) is 3.23. The van der Waals surface area contributed by atoms with Crippen LogP contribution in [0.2, 0.25) is 0 Å². The largest absolute Gasteiger partial charge is 0.399 e. The molecule has 2 aromatic carbocycles. The normalized spacial score (nSPS) is 11.3. The van der Waals surface area contributed by atoms with Gasteiger partial charge in [0, 0.05) is 23.3 Å². The molecule has 4 nitrogen and oxygen atoms in total. The van der Waals surface area contributed by atoms with Gasteiger partial charge in [-0.25, -0.2) is 8.42 Å². The number of hydrogen-bond donors (Lipinski definition) is 2. The lowest BCUT2D eigenvalue weighted by atomic mass is 10.1. The number of nitrogens with two attached hydrogens (primary N) is 1. The van der Waals surface area contributed by atoms with Crippen molar-refractivity contribution >= 4 is 26.9 Å². The summed E-state index contributed by atoms with van der Waals surface area (Å²) < 4.78 is 22.7. The van der Waals surface area contributed by atoms with Gasteiger partial charge in [-0.2, -0.15) is 0 Å². The van der Waals surface area contributed by atoms with Gasteiger partial charge in [-0.3, -0.25) is 0 Å². The molecular weight excluding hydrogens is 260 g/mol. The Labute approximate surface area is 113 Å². The minimum atomic E-state index is -3.15. The van der Waals surface area contributed by atoms with Crippen molar-refractivity contribution in [1.29, 1.82) is 0 Å². The maximum Gasteiger partial charge on any atom is 0.175 e. The second-order valence-corrected chi connectivity index (χ2v) is 6.51. The summed E-state index contributed by atoms with van der Waals surface area (Å²) in [6.07, 6.45) is 1.19. The summed E-state index contributed by atoms with van der Waals surface area (Å²) in [4.78, 5) is 0.312. The van der Waals surface area contributed by atoms with Crippen LogP contribution in [0.5, 0.6) is 0 Å². The molecule has 0 aromatic heterocycles. The molecule has 2 aromatic rings. The molecule has 0 atom stereocenters. The fourth-order valence-corrected chi connectivity index (χ4v) is 2.40. The number of nitrogen functional groups attached to an aromatic ring is 1. The van der Waals surface area contributed by atoms with Crippen LogP contribution in [0.3, 0.4) is 0 Å². The number of anilines is 3. The average molecular weight is 276 g/mol. The molecule has 0 heterocycles. The highest BCUT2D eigenvalue weighted by molar-refractivity contribution is 7.90. The Kier molecular flexibility index (Phi) is 3.48. The van der Waals surface area contributed by atoms with Gasteiger partial charge in [0.25, 0.3) is 0 Å². The van der Waals surface area contributed by atoms with Crippen molar-refractivity contribution in [2.45, 2.75) is 11.8 Å². The van der Waals surface area contributed by atoms with Gasteiger partial charge in [0.15, 0.2) is 9.84 Å². The summed E-state index contributed by atoms with van der Waals surface area (Å²) in [6.45, 7) is 1.96. The highest BCUT2D eigenvalue weighted by Crippen LogP contribution is 2.23. The Morgan fingerprint density at radius 1 is 1.05 bits per heavy atom. The number of benzene rings is 2. The van der Waals surface area contributed by atoms with Crippen molar-refractivity contribution in [1.82, 2.24) is 0 Å². The van der Waals surface area contributed by atoms with Gasteiger partial charge in [-0.05, 0) is 55.0 Å². The summed E-state index contributed by atoms with van der Waals surface area (Å²) in [5.41, 5.74) is 9.23. The summed E-state index contributed by atoms with van der Waals surface area (Å²) in [7, 11) is -3.15. The molecule has 0 amide bonds. The minimum Gasteiger partial charge on any atom is -0.399 e. The fourth-order valence-electron chi connectivity index (χ4n) is 1.77. The maximum absolute atomic E-state index is 11.4. The third kappa shape index (κ3) is 3.26. The van der Waals surface area contributed by atoms with Crippen molar-refractivity contribution < 1.29 is 8.42 Å². The van der Waals surface area contributed by atoms with Crippen molar-refractivity contribution in [3.8, 4) is 0 Å². The molecule has 2 rings (SSSR count). The zero-order valence-corrected chi connectivity index (χ0v) is 11.7. The third-order valence-corrected chi connectivity index (χ3v) is 3.94. The predicted octanol–water partition coefficient (Wildman–Crippen LogP) is 2.72. The van der Waals surface area contributed by atoms with Gasteiger partial charge < -0.3 is 11.1 Å². The first kappa shape index (κ1) is 13.4. The molecule has 0 aliphatic carbocycles.